The SMILES string of the molecule is Cl.O=C(NCC1CCCN1)c1cc(=O)[nH]c2c(Br)cccc12. The normalized spacial score (nSPS) is 17.2. The molecule has 1 fully saturated rings. The molecule has 7 heteroatoms. The summed E-state index contributed by atoms with van der Waals surface area (Å²) in [5.74, 6) is -0.210. The van der Waals surface area contributed by atoms with Crippen molar-refractivity contribution in [3.63, 3.8) is 0 Å². The van der Waals surface area contributed by atoms with E-state index in [0.29, 0.717) is 23.7 Å². The Labute approximate surface area is 142 Å². The van der Waals surface area contributed by atoms with E-state index in [9.17, 15) is 9.59 Å². The first kappa shape index (κ1) is 17.0. The van der Waals surface area contributed by atoms with E-state index in [1.54, 1.807) is 0 Å². The Morgan fingerprint density at radius 1 is 1.41 bits per heavy atom. The highest BCUT2D eigenvalue weighted by atomic mass is 79.9. The van der Waals surface area contributed by atoms with Gasteiger partial charge in [0.2, 0.25) is 5.56 Å². The van der Waals surface area contributed by atoms with Gasteiger partial charge in [-0.05, 0) is 41.4 Å². The molecule has 0 aliphatic carbocycles. The van der Waals surface area contributed by atoms with Crippen molar-refractivity contribution in [1.29, 1.82) is 0 Å². The minimum atomic E-state index is -0.279. The molecule has 1 aliphatic rings. The maximum atomic E-state index is 12.4. The summed E-state index contributed by atoms with van der Waals surface area (Å²) in [7, 11) is 0. The summed E-state index contributed by atoms with van der Waals surface area (Å²) in [5, 5.41) is 6.98. The van der Waals surface area contributed by atoms with Crippen LogP contribution in [0.2, 0.25) is 0 Å². The minimum absolute atomic E-state index is 0. The van der Waals surface area contributed by atoms with Crippen LogP contribution >= 0.6 is 28.3 Å². The lowest BCUT2D eigenvalue weighted by molar-refractivity contribution is 0.0952. The summed E-state index contributed by atoms with van der Waals surface area (Å²) in [4.78, 5) is 26.9. The van der Waals surface area contributed by atoms with E-state index in [1.807, 2.05) is 18.2 Å². The number of pyridine rings is 1. The van der Waals surface area contributed by atoms with Gasteiger partial charge >= 0.3 is 0 Å². The number of hydrogen-bond acceptors (Lipinski definition) is 3. The lowest BCUT2D eigenvalue weighted by Gasteiger charge is -2.12. The summed E-state index contributed by atoms with van der Waals surface area (Å²) < 4.78 is 0.768. The number of nitrogens with one attached hydrogen (secondary N) is 3. The number of H-pyrrole nitrogens is 1. The average molecular weight is 387 g/mol. The second-order valence-electron chi connectivity index (χ2n) is 5.21. The van der Waals surface area contributed by atoms with Gasteiger partial charge in [0.1, 0.15) is 0 Å². The third kappa shape index (κ3) is 3.51. The van der Waals surface area contributed by atoms with Crippen molar-refractivity contribution >= 4 is 45.1 Å². The fraction of sp³-hybridized carbons (Fsp3) is 0.333. The second-order valence-corrected chi connectivity index (χ2v) is 6.07. The Balaban J connectivity index is 0.00000176. The molecule has 1 saturated heterocycles. The van der Waals surface area contributed by atoms with Crippen LogP contribution in [0.3, 0.4) is 0 Å². The van der Waals surface area contributed by atoms with Gasteiger partial charge in [-0.25, -0.2) is 0 Å². The zero-order valence-corrected chi connectivity index (χ0v) is 14.2. The van der Waals surface area contributed by atoms with Crippen molar-refractivity contribution in [2.75, 3.05) is 13.1 Å². The number of amides is 1. The molecule has 1 unspecified atom stereocenters. The number of aromatic nitrogens is 1. The summed E-state index contributed by atoms with van der Waals surface area (Å²) in [5.41, 5.74) is 0.778. The van der Waals surface area contributed by atoms with Gasteiger partial charge in [-0.2, -0.15) is 0 Å². The molecule has 5 nitrogen and oxygen atoms in total. The zero-order valence-electron chi connectivity index (χ0n) is 11.8. The first-order valence-electron chi connectivity index (χ1n) is 6.98. The smallest absolute Gasteiger partial charge is 0.252 e. The number of fused-ring (bicyclic) bond motifs is 1. The maximum Gasteiger partial charge on any atom is 0.252 e. The molecule has 0 spiro atoms. The Kier molecular flexibility index (Phi) is 5.61. The number of halogens is 2. The first-order chi connectivity index (χ1) is 10.1. The van der Waals surface area contributed by atoms with Crippen LogP contribution < -0.4 is 16.2 Å². The van der Waals surface area contributed by atoms with Gasteiger partial charge < -0.3 is 15.6 Å². The summed E-state index contributed by atoms with van der Waals surface area (Å²) >= 11 is 3.40. The zero-order chi connectivity index (χ0) is 14.8. The molecule has 1 aromatic carbocycles. The van der Waals surface area contributed by atoms with Crippen LogP contribution in [0, 0.1) is 0 Å². The third-order valence-electron chi connectivity index (χ3n) is 3.74. The first-order valence-corrected chi connectivity index (χ1v) is 7.77. The summed E-state index contributed by atoms with van der Waals surface area (Å²) in [6, 6.07) is 7.20. The molecule has 0 radical (unpaired) electrons. The highest BCUT2D eigenvalue weighted by Crippen LogP contribution is 2.23. The molecule has 118 valence electrons. The van der Waals surface area contributed by atoms with Crippen molar-refractivity contribution in [3.8, 4) is 0 Å². The molecule has 1 amide bonds. The molecule has 0 bridgehead atoms. The number of para-hydroxylation sites is 1. The van der Waals surface area contributed by atoms with Gasteiger partial charge in [-0.3, -0.25) is 9.59 Å². The van der Waals surface area contributed by atoms with Crippen molar-refractivity contribution < 1.29 is 4.79 Å². The fourth-order valence-electron chi connectivity index (χ4n) is 2.67. The fourth-order valence-corrected chi connectivity index (χ4v) is 3.14. The number of hydrogen-bond donors (Lipinski definition) is 3. The predicted octanol–water partition coefficient (Wildman–Crippen LogP) is 2.19. The van der Waals surface area contributed by atoms with Gasteiger partial charge in [0.25, 0.3) is 5.91 Å². The molecule has 3 N–H and O–H groups in total. The monoisotopic (exact) mass is 385 g/mol. The summed E-state index contributed by atoms with van der Waals surface area (Å²) in [6.45, 7) is 1.59. The Morgan fingerprint density at radius 2 is 2.23 bits per heavy atom. The van der Waals surface area contributed by atoms with E-state index >= 15 is 0 Å². The van der Waals surface area contributed by atoms with Crippen molar-refractivity contribution in [1.82, 2.24) is 15.6 Å². The van der Waals surface area contributed by atoms with Crippen molar-refractivity contribution in [2.24, 2.45) is 0 Å². The summed E-state index contributed by atoms with van der Waals surface area (Å²) in [6.07, 6.45) is 2.21. The van der Waals surface area contributed by atoms with Gasteiger partial charge in [0.05, 0.1) is 11.1 Å². The standard InChI is InChI=1S/C15H16BrN3O2.ClH/c16-12-5-1-4-10-11(7-13(20)19-14(10)12)15(21)18-8-9-3-2-6-17-9;/h1,4-5,7,9,17H,2-3,6,8H2,(H,18,21)(H,19,20);1H. The molecule has 1 aromatic heterocycles. The second kappa shape index (κ2) is 7.26. The van der Waals surface area contributed by atoms with Crippen molar-refractivity contribution in [3.05, 3.63) is 44.7 Å². The minimum Gasteiger partial charge on any atom is -0.350 e. The Hall–Kier alpha value is -1.37. The van der Waals surface area contributed by atoms with Crippen LogP contribution in [0.4, 0.5) is 0 Å². The molecule has 22 heavy (non-hydrogen) atoms. The highest BCUT2D eigenvalue weighted by Gasteiger charge is 2.17. The average Bonchev–Trinajstić information content (AvgIpc) is 2.98. The molecular formula is C15H17BrClN3O2. The molecule has 0 saturated carbocycles. The van der Waals surface area contributed by atoms with Crippen LogP contribution in [0.15, 0.2) is 33.5 Å². The van der Waals surface area contributed by atoms with E-state index in [0.717, 1.165) is 29.2 Å². The van der Waals surface area contributed by atoms with E-state index < -0.39 is 0 Å². The molecular weight excluding hydrogens is 370 g/mol. The largest absolute Gasteiger partial charge is 0.350 e. The Bertz CT molecular complexity index is 741. The van der Waals surface area contributed by atoms with E-state index in [2.05, 4.69) is 31.5 Å². The maximum absolute atomic E-state index is 12.4. The van der Waals surface area contributed by atoms with E-state index in [1.165, 1.54) is 6.07 Å². The quantitative estimate of drug-likeness (QED) is 0.757. The molecule has 3 rings (SSSR count). The molecule has 2 heterocycles. The molecule has 1 aliphatic heterocycles. The highest BCUT2D eigenvalue weighted by molar-refractivity contribution is 9.10. The van der Waals surface area contributed by atoms with Crippen LogP contribution in [0.5, 0.6) is 0 Å². The predicted molar refractivity (Wildman–Crippen MR) is 92.9 cm³/mol. The van der Waals surface area contributed by atoms with Crippen LogP contribution in [0.25, 0.3) is 10.9 Å². The lowest BCUT2D eigenvalue weighted by Crippen LogP contribution is -2.37. The number of carbonyl (C=O) groups is 1. The van der Waals surface area contributed by atoms with Crippen molar-refractivity contribution in [2.45, 2.75) is 18.9 Å². The van der Waals surface area contributed by atoms with Gasteiger partial charge in [-0.15, -0.1) is 12.4 Å². The number of carbonyl (C=O) groups excluding carboxylic acids is 1. The van der Waals surface area contributed by atoms with Crippen LogP contribution in [-0.2, 0) is 0 Å². The van der Waals surface area contributed by atoms with Gasteiger partial charge in [0.15, 0.2) is 0 Å². The van der Waals surface area contributed by atoms with Crippen LogP contribution in [-0.4, -0.2) is 30.0 Å². The number of rotatable bonds is 3. The van der Waals surface area contributed by atoms with E-state index in [4.69, 9.17) is 0 Å². The van der Waals surface area contributed by atoms with Gasteiger partial charge in [-0.1, -0.05) is 12.1 Å². The Morgan fingerprint density at radius 3 is 2.95 bits per heavy atom. The van der Waals surface area contributed by atoms with Gasteiger partial charge in [0, 0.05) is 28.5 Å². The van der Waals surface area contributed by atoms with Crippen LogP contribution in [0.1, 0.15) is 23.2 Å². The third-order valence-corrected chi connectivity index (χ3v) is 4.40. The lowest BCUT2D eigenvalue weighted by atomic mass is 10.1. The van der Waals surface area contributed by atoms with E-state index in [-0.39, 0.29) is 23.9 Å². The molecule has 2 aromatic rings. The number of aromatic amines is 1. The topological polar surface area (TPSA) is 74.0 Å². The molecule has 1 atom stereocenters. The number of benzene rings is 1.